The molecule has 0 amide bonds. The summed E-state index contributed by atoms with van der Waals surface area (Å²) in [6.07, 6.45) is -2.50. The molecule has 0 aliphatic rings. The van der Waals surface area contributed by atoms with E-state index in [1.807, 2.05) is 20.8 Å². The van der Waals surface area contributed by atoms with Crippen molar-refractivity contribution >= 4 is 11.6 Å². The third kappa shape index (κ3) is 3.38. The third-order valence-corrected chi connectivity index (χ3v) is 3.24. The molecular formula is C13H16ClF3. The SMILES string of the molecule is CCCC(C)(C)c1ccc(C(F)(F)F)c(Cl)c1. The van der Waals surface area contributed by atoms with Crippen molar-refractivity contribution in [3.63, 3.8) is 0 Å². The molecule has 0 fully saturated rings. The van der Waals surface area contributed by atoms with Gasteiger partial charge in [0.15, 0.2) is 0 Å². The second-order valence-corrected chi connectivity index (χ2v) is 5.23. The monoisotopic (exact) mass is 264 g/mol. The number of alkyl halides is 3. The molecule has 1 aromatic rings. The van der Waals surface area contributed by atoms with Gasteiger partial charge >= 0.3 is 6.18 Å². The van der Waals surface area contributed by atoms with Crippen LogP contribution >= 0.6 is 11.6 Å². The van der Waals surface area contributed by atoms with Crippen LogP contribution in [0.5, 0.6) is 0 Å². The summed E-state index contributed by atoms with van der Waals surface area (Å²) in [5.41, 5.74) is -0.0738. The molecule has 0 spiro atoms. The summed E-state index contributed by atoms with van der Waals surface area (Å²) in [6, 6.07) is 4.01. The third-order valence-electron chi connectivity index (χ3n) is 2.93. The molecule has 4 heteroatoms. The van der Waals surface area contributed by atoms with E-state index >= 15 is 0 Å². The highest BCUT2D eigenvalue weighted by Crippen LogP contribution is 2.38. The maximum Gasteiger partial charge on any atom is 0.417 e. The number of halogens is 4. The Morgan fingerprint density at radius 3 is 2.18 bits per heavy atom. The summed E-state index contributed by atoms with van der Waals surface area (Å²) < 4.78 is 37.6. The van der Waals surface area contributed by atoms with Crippen molar-refractivity contribution in [2.24, 2.45) is 0 Å². The molecule has 0 unspecified atom stereocenters. The van der Waals surface area contributed by atoms with Crippen LogP contribution in [0.3, 0.4) is 0 Å². The average Bonchev–Trinajstić information content (AvgIpc) is 2.15. The Labute approximate surface area is 105 Å². The van der Waals surface area contributed by atoms with E-state index in [0.717, 1.165) is 24.5 Å². The molecular weight excluding hydrogens is 249 g/mol. The minimum Gasteiger partial charge on any atom is -0.166 e. The molecule has 0 saturated heterocycles. The van der Waals surface area contributed by atoms with Crippen molar-refractivity contribution in [2.75, 3.05) is 0 Å². The van der Waals surface area contributed by atoms with E-state index in [1.54, 1.807) is 0 Å². The normalized spacial score (nSPS) is 12.9. The van der Waals surface area contributed by atoms with Gasteiger partial charge in [-0.3, -0.25) is 0 Å². The van der Waals surface area contributed by atoms with Crippen LogP contribution < -0.4 is 0 Å². The van der Waals surface area contributed by atoms with Gasteiger partial charge in [0.2, 0.25) is 0 Å². The number of benzene rings is 1. The van der Waals surface area contributed by atoms with Gasteiger partial charge in [0.05, 0.1) is 10.6 Å². The van der Waals surface area contributed by atoms with Crippen molar-refractivity contribution in [3.05, 3.63) is 34.3 Å². The highest BCUT2D eigenvalue weighted by molar-refractivity contribution is 6.31. The highest BCUT2D eigenvalue weighted by Gasteiger charge is 2.33. The molecule has 0 radical (unpaired) electrons. The lowest BCUT2D eigenvalue weighted by molar-refractivity contribution is -0.137. The Balaban J connectivity index is 3.13. The lowest BCUT2D eigenvalue weighted by Gasteiger charge is -2.25. The molecule has 0 nitrogen and oxygen atoms in total. The van der Waals surface area contributed by atoms with Gasteiger partial charge in [0.1, 0.15) is 0 Å². The summed E-state index contributed by atoms with van der Waals surface area (Å²) in [5.74, 6) is 0. The zero-order chi connectivity index (χ0) is 13.3. The van der Waals surface area contributed by atoms with Crippen molar-refractivity contribution < 1.29 is 13.2 Å². The molecule has 0 aliphatic heterocycles. The molecule has 96 valence electrons. The van der Waals surface area contributed by atoms with Crippen LogP contribution in [0.1, 0.15) is 44.7 Å². The molecule has 0 atom stereocenters. The Bertz CT molecular complexity index is 394. The average molecular weight is 265 g/mol. The fourth-order valence-electron chi connectivity index (χ4n) is 1.94. The largest absolute Gasteiger partial charge is 0.417 e. The molecule has 0 aliphatic carbocycles. The van der Waals surface area contributed by atoms with Crippen LogP contribution in [0.4, 0.5) is 13.2 Å². The van der Waals surface area contributed by atoms with E-state index < -0.39 is 11.7 Å². The van der Waals surface area contributed by atoms with Gasteiger partial charge in [0.25, 0.3) is 0 Å². The van der Waals surface area contributed by atoms with Crippen LogP contribution in [-0.4, -0.2) is 0 Å². The topological polar surface area (TPSA) is 0 Å². The molecule has 0 saturated carbocycles. The van der Waals surface area contributed by atoms with Gasteiger partial charge in [-0.25, -0.2) is 0 Å². The Morgan fingerprint density at radius 1 is 1.18 bits per heavy atom. The molecule has 0 bridgehead atoms. The van der Waals surface area contributed by atoms with Gasteiger partial charge in [-0.05, 0) is 29.5 Å². The minimum atomic E-state index is -4.38. The number of rotatable bonds is 3. The summed E-state index contributed by atoms with van der Waals surface area (Å²) in [6.45, 7) is 6.07. The second kappa shape index (κ2) is 4.89. The van der Waals surface area contributed by atoms with Crippen LogP contribution in [0, 0.1) is 0 Å². The van der Waals surface area contributed by atoms with Gasteiger partial charge in [-0.1, -0.05) is 44.9 Å². The Kier molecular flexibility index (Phi) is 4.13. The lowest BCUT2D eigenvalue weighted by atomic mass is 9.80. The smallest absolute Gasteiger partial charge is 0.166 e. The first-order valence-corrected chi connectivity index (χ1v) is 5.93. The van der Waals surface area contributed by atoms with Crippen molar-refractivity contribution in [2.45, 2.75) is 45.2 Å². The predicted molar refractivity (Wildman–Crippen MR) is 64.4 cm³/mol. The van der Waals surface area contributed by atoms with E-state index in [2.05, 4.69) is 0 Å². The van der Waals surface area contributed by atoms with Gasteiger partial charge in [0, 0.05) is 0 Å². The number of hydrogen-bond donors (Lipinski definition) is 0. The highest BCUT2D eigenvalue weighted by atomic mass is 35.5. The van der Waals surface area contributed by atoms with Gasteiger partial charge < -0.3 is 0 Å². The van der Waals surface area contributed by atoms with Gasteiger partial charge in [-0.15, -0.1) is 0 Å². The van der Waals surface area contributed by atoms with Crippen molar-refractivity contribution in [3.8, 4) is 0 Å². The summed E-state index contributed by atoms with van der Waals surface area (Å²) in [5, 5.41) is -0.223. The van der Waals surface area contributed by atoms with E-state index in [-0.39, 0.29) is 10.4 Å². The van der Waals surface area contributed by atoms with E-state index in [4.69, 9.17) is 11.6 Å². The molecule has 1 rings (SSSR count). The predicted octanol–water partition coefficient (Wildman–Crippen LogP) is 5.44. The maximum absolute atomic E-state index is 12.5. The van der Waals surface area contributed by atoms with Crippen LogP contribution in [-0.2, 0) is 11.6 Å². The Hall–Kier alpha value is -0.700. The standard InChI is InChI=1S/C13H16ClF3/c1-4-7-12(2,3)9-5-6-10(11(14)8-9)13(15,16)17/h5-6,8H,4,7H2,1-3H3. The zero-order valence-corrected chi connectivity index (χ0v) is 10.9. The first-order chi connectivity index (χ1) is 7.68. The fourth-order valence-corrected chi connectivity index (χ4v) is 2.22. The lowest BCUT2D eigenvalue weighted by Crippen LogP contribution is -2.17. The zero-order valence-electron chi connectivity index (χ0n) is 10.2. The molecule has 0 aromatic heterocycles. The summed E-state index contributed by atoms with van der Waals surface area (Å²) in [7, 11) is 0. The second-order valence-electron chi connectivity index (χ2n) is 4.83. The number of hydrogen-bond acceptors (Lipinski definition) is 0. The van der Waals surface area contributed by atoms with Crippen molar-refractivity contribution in [1.29, 1.82) is 0 Å². The molecule has 0 heterocycles. The molecule has 1 aromatic carbocycles. The first-order valence-electron chi connectivity index (χ1n) is 5.55. The Morgan fingerprint density at radius 2 is 1.76 bits per heavy atom. The van der Waals surface area contributed by atoms with E-state index in [1.165, 1.54) is 12.1 Å². The summed E-state index contributed by atoms with van der Waals surface area (Å²) in [4.78, 5) is 0. The quantitative estimate of drug-likeness (QED) is 0.682. The fraction of sp³-hybridized carbons (Fsp3) is 0.538. The van der Waals surface area contributed by atoms with Crippen molar-refractivity contribution in [1.82, 2.24) is 0 Å². The first kappa shape index (κ1) is 14.4. The van der Waals surface area contributed by atoms with E-state index in [9.17, 15) is 13.2 Å². The maximum atomic E-state index is 12.5. The molecule has 17 heavy (non-hydrogen) atoms. The summed E-state index contributed by atoms with van der Waals surface area (Å²) >= 11 is 5.70. The van der Waals surface area contributed by atoms with Crippen LogP contribution in [0.15, 0.2) is 18.2 Å². The minimum absolute atomic E-state index is 0.150. The van der Waals surface area contributed by atoms with Crippen LogP contribution in [0.2, 0.25) is 5.02 Å². The van der Waals surface area contributed by atoms with Crippen LogP contribution in [0.25, 0.3) is 0 Å². The van der Waals surface area contributed by atoms with Gasteiger partial charge in [-0.2, -0.15) is 13.2 Å². The molecule has 0 N–H and O–H groups in total. The van der Waals surface area contributed by atoms with E-state index in [0.29, 0.717) is 0 Å².